The van der Waals surface area contributed by atoms with Gasteiger partial charge in [-0.2, -0.15) is 0 Å². The molecule has 0 aliphatic carbocycles. The molecule has 1 amide bonds. The number of likely N-dealkylation sites (tertiary alicyclic amines) is 1. The smallest absolute Gasteiger partial charge is 0.292 e. The lowest BCUT2D eigenvalue weighted by atomic mass is 10.0. The normalized spacial score (nSPS) is 18.3. The molecule has 0 saturated carbocycles. The van der Waals surface area contributed by atoms with Crippen LogP contribution in [0.5, 0.6) is 0 Å². The van der Waals surface area contributed by atoms with Crippen LogP contribution < -0.4 is 5.73 Å². The van der Waals surface area contributed by atoms with Gasteiger partial charge in [-0.1, -0.05) is 22.6 Å². The van der Waals surface area contributed by atoms with Gasteiger partial charge in [-0.25, -0.2) is 4.39 Å². The summed E-state index contributed by atoms with van der Waals surface area (Å²) in [6.45, 7) is 0.546. The lowest BCUT2D eigenvalue weighted by Gasteiger charge is -2.24. The summed E-state index contributed by atoms with van der Waals surface area (Å²) in [4.78, 5) is 23.7. The highest BCUT2D eigenvalue weighted by Gasteiger charge is 2.32. The molecule has 1 fully saturated rings. The van der Waals surface area contributed by atoms with Gasteiger partial charge in [0.1, 0.15) is 11.5 Å². The fourth-order valence-corrected chi connectivity index (χ4v) is 2.91. The molecule has 108 valence electrons. The summed E-state index contributed by atoms with van der Waals surface area (Å²) in [5.41, 5.74) is 5.08. The quantitative estimate of drug-likeness (QED) is 0.281. The Labute approximate surface area is 128 Å². The van der Waals surface area contributed by atoms with Gasteiger partial charge in [0, 0.05) is 24.2 Å². The number of rotatable bonds is 3. The highest BCUT2D eigenvalue weighted by atomic mass is 127. The van der Waals surface area contributed by atoms with E-state index < -0.39 is 16.8 Å². The Morgan fingerprint density at radius 2 is 2.30 bits per heavy atom. The number of nitrogen functional groups attached to an aromatic ring is 1. The lowest BCUT2D eigenvalue weighted by Crippen LogP contribution is -2.31. The Bertz CT molecular complexity index is 567. The summed E-state index contributed by atoms with van der Waals surface area (Å²) in [5, 5.41) is 10.9. The van der Waals surface area contributed by atoms with Crippen molar-refractivity contribution in [1.29, 1.82) is 0 Å². The van der Waals surface area contributed by atoms with Gasteiger partial charge in [0.2, 0.25) is 5.91 Å². The maximum absolute atomic E-state index is 14.0. The minimum absolute atomic E-state index is 0.0908. The first-order chi connectivity index (χ1) is 9.45. The van der Waals surface area contributed by atoms with Gasteiger partial charge in [-0.15, -0.1) is 0 Å². The molecule has 2 rings (SSSR count). The number of nitrogens with zero attached hydrogens (tertiary/aromatic N) is 2. The number of hydrogen-bond acceptors (Lipinski definition) is 4. The molecule has 0 radical (unpaired) electrons. The van der Waals surface area contributed by atoms with Crippen molar-refractivity contribution in [3.63, 3.8) is 0 Å². The molecule has 1 aliphatic heterocycles. The highest BCUT2D eigenvalue weighted by Crippen LogP contribution is 2.37. The van der Waals surface area contributed by atoms with Crippen LogP contribution in [0.1, 0.15) is 24.4 Å². The number of benzene rings is 1. The molecule has 0 aromatic heterocycles. The Hall–Kier alpha value is -1.45. The van der Waals surface area contributed by atoms with E-state index in [1.165, 1.54) is 0 Å². The number of alkyl halides is 1. The zero-order chi connectivity index (χ0) is 14.9. The van der Waals surface area contributed by atoms with Gasteiger partial charge in [-0.3, -0.25) is 14.9 Å². The monoisotopic (exact) mass is 393 g/mol. The second-order valence-electron chi connectivity index (χ2n) is 4.57. The van der Waals surface area contributed by atoms with E-state index in [2.05, 4.69) is 0 Å². The first kappa shape index (κ1) is 14.9. The lowest BCUT2D eigenvalue weighted by molar-refractivity contribution is -0.384. The van der Waals surface area contributed by atoms with Gasteiger partial charge < -0.3 is 10.6 Å². The first-order valence-electron chi connectivity index (χ1n) is 6.04. The summed E-state index contributed by atoms with van der Waals surface area (Å²) in [7, 11) is 0. The molecule has 20 heavy (non-hydrogen) atoms. The summed E-state index contributed by atoms with van der Waals surface area (Å²) in [6.07, 6.45) is 1.35. The third-order valence-electron chi connectivity index (χ3n) is 3.39. The Balaban J connectivity index is 2.44. The fraction of sp³-hybridized carbons (Fsp3) is 0.417. The number of amides is 1. The molecule has 1 heterocycles. The second kappa shape index (κ2) is 5.90. The molecule has 1 unspecified atom stereocenters. The van der Waals surface area contributed by atoms with E-state index in [1.54, 1.807) is 4.90 Å². The van der Waals surface area contributed by atoms with E-state index in [-0.39, 0.29) is 22.8 Å². The zero-order valence-electron chi connectivity index (χ0n) is 10.5. The van der Waals surface area contributed by atoms with Gasteiger partial charge in [-0.05, 0) is 12.8 Å². The third-order valence-corrected chi connectivity index (χ3v) is 4.04. The molecule has 0 bridgehead atoms. The molecule has 1 atom stereocenters. The van der Waals surface area contributed by atoms with Crippen LogP contribution in [-0.4, -0.2) is 26.7 Å². The average Bonchev–Trinajstić information content (AvgIpc) is 2.86. The van der Waals surface area contributed by atoms with Crippen LogP contribution in [0.3, 0.4) is 0 Å². The minimum Gasteiger partial charge on any atom is -0.393 e. The number of carbonyl (C=O) groups excluding carboxylic acids is 1. The van der Waals surface area contributed by atoms with Gasteiger partial charge in [0.25, 0.3) is 5.69 Å². The van der Waals surface area contributed by atoms with E-state index in [1.807, 2.05) is 22.6 Å². The van der Waals surface area contributed by atoms with Crippen molar-refractivity contribution in [3.8, 4) is 0 Å². The van der Waals surface area contributed by atoms with Crippen LogP contribution in [0.4, 0.5) is 15.8 Å². The number of hydrogen-bond donors (Lipinski definition) is 1. The summed E-state index contributed by atoms with van der Waals surface area (Å²) in [5.74, 6) is -0.696. The summed E-state index contributed by atoms with van der Waals surface area (Å²) in [6, 6.07) is 1.66. The molecular weight excluding hydrogens is 380 g/mol. The molecule has 1 saturated heterocycles. The molecule has 2 N–H and O–H groups in total. The SMILES string of the molecule is Nc1cc(F)c(C2CCCN2C(=O)CI)cc1[N+](=O)[O-]. The summed E-state index contributed by atoms with van der Waals surface area (Å²) >= 11 is 1.95. The molecule has 8 heteroatoms. The van der Waals surface area contributed by atoms with Crippen LogP contribution in [-0.2, 0) is 4.79 Å². The number of nitro benzene ring substituents is 1. The first-order valence-corrected chi connectivity index (χ1v) is 7.57. The van der Waals surface area contributed by atoms with E-state index in [0.717, 1.165) is 18.6 Å². The van der Waals surface area contributed by atoms with Crippen molar-refractivity contribution in [2.24, 2.45) is 0 Å². The molecular formula is C12H13FIN3O3. The largest absolute Gasteiger partial charge is 0.393 e. The number of anilines is 1. The fourth-order valence-electron chi connectivity index (χ4n) is 2.47. The Morgan fingerprint density at radius 1 is 1.60 bits per heavy atom. The number of halogens is 2. The number of nitro groups is 1. The van der Waals surface area contributed by atoms with Crippen molar-refractivity contribution in [2.45, 2.75) is 18.9 Å². The molecule has 1 aliphatic rings. The van der Waals surface area contributed by atoms with Gasteiger partial charge in [0.05, 0.1) is 15.4 Å². The zero-order valence-corrected chi connectivity index (χ0v) is 12.7. The molecule has 6 nitrogen and oxygen atoms in total. The Kier molecular flexibility index (Phi) is 4.41. The van der Waals surface area contributed by atoms with Crippen LogP contribution in [0, 0.1) is 15.9 Å². The van der Waals surface area contributed by atoms with Crippen LogP contribution >= 0.6 is 22.6 Å². The third kappa shape index (κ3) is 2.69. The van der Waals surface area contributed by atoms with E-state index in [4.69, 9.17) is 5.73 Å². The Morgan fingerprint density at radius 3 is 2.90 bits per heavy atom. The highest BCUT2D eigenvalue weighted by molar-refractivity contribution is 14.1. The van der Waals surface area contributed by atoms with Gasteiger partial charge in [0.15, 0.2) is 0 Å². The van der Waals surface area contributed by atoms with Crippen molar-refractivity contribution in [2.75, 3.05) is 16.7 Å². The standard InChI is InChI=1S/C12H13FIN3O3/c13-8-5-9(15)11(17(19)20)4-7(8)10-2-1-3-16(10)12(18)6-14/h4-5,10H,1-3,6,15H2. The maximum atomic E-state index is 14.0. The predicted molar refractivity (Wildman–Crippen MR) is 80.0 cm³/mol. The maximum Gasteiger partial charge on any atom is 0.292 e. The van der Waals surface area contributed by atoms with Crippen LogP contribution in [0.2, 0.25) is 0 Å². The predicted octanol–water partition coefficient (Wildman–Crippen LogP) is 2.41. The van der Waals surface area contributed by atoms with Crippen molar-refractivity contribution in [1.82, 2.24) is 4.90 Å². The van der Waals surface area contributed by atoms with E-state index >= 15 is 0 Å². The van der Waals surface area contributed by atoms with Crippen molar-refractivity contribution >= 4 is 39.9 Å². The summed E-state index contributed by atoms with van der Waals surface area (Å²) < 4.78 is 14.3. The number of nitrogens with two attached hydrogens (primary N) is 1. The molecule has 1 aromatic carbocycles. The topological polar surface area (TPSA) is 89.5 Å². The van der Waals surface area contributed by atoms with E-state index in [9.17, 15) is 19.3 Å². The minimum atomic E-state index is -0.641. The van der Waals surface area contributed by atoms with Crippen LogP contribution in [0.25, 0.3) is 0 Å². The van der Waals surface area contributed by atoms with Gasteiger partial charge >= 0.3 is 0 Å². The van der Waals surface area contributed by atoms with Crippen LogP contribution in [0.15, 0.2) is 12.1 Å². The second-order valence-corrected chi connectivity index (χ2v) is 5.33. The molecule has 1 aromatic rings. The molecule has 0 spiro atoms. The average molecular weight is 393 g/mol. The van der Waals surface area contributed by atoms with E-state index in [0.29, 0.717) is 17.4 Å². The van der Waals surface area contributed by atoms with Crippen molar-refractivity contribution < 1.29 is 14.1 Å². The number of carbonyl (C=O) groups is 1. The van der Waals surface area contributed by atoms with Crippen molar-refractivity contribution in [3.05, 3.63) is 33.6 Å².